The number of aliphatic hydroxyl groups excluding tert-OH is 1. The zero-order valence-corrected chi connectivity index (χ0v) is 7.15. The Hall–Kier alpha value is -0.850. The Morgan fingerprint density at radius 1 is 1.67 bits per heavy atom. The number of rotatable bonds is 5. The van der Waals surface area contributed by atoms with Crippen LogP contribution in [0, 0.1) is 0 Å². The van der Waals surface area contributed by atoms with Crippen LogP contribution in [0.25, 0.3) is 0 Å². The lowest BCUT2D eigenvalue weighted by Crippen LogP contribution is -2.29. The summed E-state index contributed by atoms with van der Waals surface area (Å²) in [7, 11) is 0. The van der Waals surface area contributed by atoms with Crippen LogP contribution in [0.2, 0.25) is 0 Å². The van der Waals surface area contributed by atoms with Crippen molar-refractivity contribution in [3.63, 3.8) is 0 Å². The van der Waals surface area contributed by atoms with Crippen molar-refractivity contribution in [1.82, 2.24) is 5.48 Å². The summed E-state index contributed by atoms with van der Waals surface area (Å²) >= 11 is 0. The van der Waals surface area contributed by atoms with Crippen molar-refractivity contribution in [3.8, 4) is 0 Å². The summed E-state index contributed by atoms with van der Waals surface area (Å²) in [5.74, 6) is 0.377. The van der Waals surface area contributed by atoms with Gasteiger partial charge in [0.1, 0.15) is 0 Å². The smallest absolute Gasteiger partial charge is 0.222 e. The molecule has 0 aromatic rings. The molecule has 0 spiro atoms. The lowest BCUT2D eigenvalue weighted by Gasteiger charge is -2.06. The van der Waals surface area contributed by atoms with Crippen molar-refractivity contribution < 1.29 is 19.9 Å². The minimum Gasteiger partial charge on any atom is -0.479 e. The first-order valence-corrected chi connectivity index (χ1v) is 3.57. The first kappa shape index (κ1) is 11.2. The van der Waals surface area contributed by atoms with Gasteiger partial charge in [0.2, 0.25) is 5.90 Å². The van der Waals surface area contributed by atoms with Gasteiger partial charge in [-0.3, -0.25) is 0 Å². The van der Waals surface area contributed by atoms with Gasteiger partial charge in [0.05, 0.1) is 6.61 Å². The van der Waals surface area contributed by atoms with Crippen LogP contribution in [0.4, 0.5) is 0 Å². The van der Waals surface area contributed by atoms with Gasteiger partial charge in [0.25, 0.3) is 0 Å². The van der Waals surface area contributed by atoms with E-state index in [1.807, 2.05) is 6.92 Å². The van der Waals surface area contributed by atoms with E-state index in [9.17, 15) is 0 Å². The van der Waals surface area contributed by atoms with E-state index >= 15 is 0 Å². The van der Waals surface area contributed by atoms with Gasteiger partial charge in [-0.2, -0.15) is 5.48 Å². The minimum atomic E-state index is -1.14. The molecule has 0 saturated heterocycles. The molecule has 6 nitrogen and oxygen atoms in total. The summed E-state index contributed by atoms with van der Waals surface area (Å²) in [5.41, 5.74) is 1.59. The van der Waals surface area contributed by atoms with E-state index in [0.29, 0.717) is 12.5 Å². The molecule has 0 heterocycles. The maximum atomic E-state index is 8.70. The summed E-state index contributed by atoms with van der Waals surface area (Å²) in [6.45, 7) is 3.83. The molecule has 6 heteroatoms. The van der Waals surface area contributed by atoms with Gasteiger partial charge in [-0.1, -0.05) is 5.16 Å². The van der Waals surface area contributed by atoms with E-state index in [2.05, 4.69) is 9.99 Å². The molecule has 0 rings (SSSR count). The molecule has 72 valence electrons. The molecule has 12 heavy (non-hydrogen) atoms. The molecule has 0 aliphatic carbocycles. The first-order chi connectivity index (χ1) is 5.70. The molecule has 0 aromatic heterocycles. The fourth-order valence-corrected chi connectivity index (χ4v) is 0.471. The summed E-state index contributed by atoms with van der Waals surface area (Å²) in [6, 6.07) is 0. The second-order valence-electron chi connectivity index (χ2n) is 1.98. The topological polar surface area (TPSA) is 83.3 Å². The van der Waals surface area contributed by atoms with Gasteiger partial charge in [-0.05, 0) is 6.92 Å². The summed E-state index contributed by atoms with van der Waals surface area (Å²) < 4.78 is 4.92. The molecule has 0 aliphatic rings. The maximum Gasteiger partial charge on any atom is 0.222 e. The number of hydroxylamine groups is 1. The molecule has 0 radical (unpaired) electrons. The number of nitrogens with zero attached hydrogens (tertiary/aromatic N) is 1. The van der Waals surface area contributed by atoms with Gasteiger partial charge in [-0.15, -0.1) is 0 Å². The molecule has 3 N–H and O–H groups in total. The standard InChI is InChI=1S/C6H14N2O4/c1-3-11-5(2)8-12-4-6(9)7-10/h6-7,9-10H,3-4H2,1-2H3/b8-5+. The van der Waals surface area contributed by atoms with E-state index in [0.717, 1.165) is 0 Å². The lowest BCUT2D eigenvalue weighted by molar-refractivity contribution is -0.0515. The molecule has 1 unspecified atom stereocenters. The third kappa shape index (κ3) is 5.90. The number of nitrogens with one attached hydrogen (secondary N) is 1. The second kappa shape index (κ2) is 6.84. The van der Waals surface area contributed by atoms with Gasteiger partial charge in [0, 0.05) is 6.92 Å². The van der Waals surface area contributed by atoms with E-state index < -0.39 is 6.23 Å². The van der Waals surface area contributed by atoms with E-state index in [4.69, 9.17) is 15.1 Å². The Balaban J connectivity index is 3.45. The largest absolute Gasteiger partial charge is 0.479 e. The minimum absolute atomic E-state index is 0.138. The number of hydrogen-bond donors (Lipinski definition) is 3. The van der Waals surface area contributed by atoms with Crippen molar-refractivity contribution in [2.75, 3.05) is 13.2 Å². The fraction of sp³-hybridized carbons (Fsp3) is 0.833. The predicted octanol–water partition coefficient (Wildman–Crippen LogP) is -0.330. The van der Waals surface area contributed by atoms with Gasteiger partial charge < -0.3 is 19.9 Å². The third-order valence-electron chi connectivity index (χ3n) is 0.928. The highest BCUT2D eigenvalue weighted by molar-refractivity contribution is 5.72. The zero-order valence-electron chi connectivity index (χ0n) is 7.15. The maximum absolute atomic E-state index is 8.70. The normalized spacial score (nSPS) is 14.2. The number of hydrogen-bond acceptors (Lipinski definition) is 6. The third-order valence-corrected chi connectivity index (χ3v) is 0.928. The van der Waals surface area contributed by atoms with Crippen LogP contribution >= 0.6 is 0 Å². The highest BCUT2D eigenvalue weighted by atomic mass is 16.7. The zero-order chi connectivity index (χ0) is 9.40. The average molecular weight is 178 g/mol. The summed E-state index contributed by atoms with van der Waals surface area (Å²) in [6.07, 6.45) is -1.14. The van der Waals surface area contributed by atoms with E-state index in [1.54, 1.807) is 12.4 Å². The Labute approximate surface area is 70.7 Å². The Kier molecular flexibility index (Phi) is 6.35. The molecule has 1 atom stereocenters. The van der Waals surface area contributed by atoms with Crippen LogP contribution in [-0.4, -0.2) is 35.7 Å². The number of aliphatic hydroxyl groups is 1. The van der Waals surface area contributed by atoms with Crippen molar-refractivity contribution in [2.24, 2.45) is 5.16 Å². The predicted molar refractivity (Wildman–Crippen MR) is 41.6 cm³/mol. The van der Waals surface area contributed by atoms with E-state index in [-0.39, 0.29) is 6.61 Å². The molecular weight excluding hydrogens is 164 g/mol. The quantitative estimate of drug-likeness (QED) is 0.232. The Bertz CT molecular complexity index is 140. The monoisotopic (exact) mass is 178 g/mol. The van der Waals surface area contributed by atoms with Gasteiger partial charge in [-0.25, -0.2) is 0 Å². The van der Waals surface area contributed by atoms with Gasteiger partial charge in [0.15, 0.2) is 12.8 Å². The lowest BCUT2D eigenvalue weighted by atomic mass is 10.6. The van der Waals surface area contributed by atoms with Crippen molar-refractivity contribution in [3.05, 3.63) is 0 Å². The molecule has 0 amide bonds. The van der Waals surface area contributed by atoms with Crippen LogP contribution in [0.15, 0.2) is 5.16 Å². The Morgan fingerprint density at radius 3 is 2.83 bits per heavy atom. The molecular formula is C6H14N2O4. The SMILES string of the molecule is CCO/C(C)=N/OCC(O)NO. The molecule has 0 fully saturated rings. The van der Waals surface area contributed by atoms with Crippen molar-refractivity contribution in [1.29, 1.82) is 0 Å². The number of ether oxygens (including phenoxy) is 1. The molecule has 0 aromatic carbocycles. The fourth-order valence-electron chi connectivity index (χ4n) is 0.471. The second-order valence-corrected chi connectivity index (χ2v) is 1.98. The molecule has 0 saturated carbocycles. The molecule has 0 aliphatic heterocycles. The average Bonchev–Trinajstić information content (AvgIpc) is 2.04. The Morgan fingerprint density at radius 2 is 2.33 bits per heavy atom. The first-order valence-electron chi connectivity index (χ1n) is 3.57. The highest BCUT2D eigenvalue weighted by Gasteiger charge is 1.99. The van der Waals surface area contributed by atoms with Crippen LogP contribution < -0.4 is 5.48 Å². The van der Waals surface area contributed by atoms with Crippen molar-refractivity contribution in [2.45, 2.75) is 20.1 Å². The van der Waals surface area contributed by atoms with Gasteiger partial charge >= 0.3 is 0 Å². The van der Waals surface area contributed by atoms with Crippen LogP contribution in [-0.2, 0) is 9.57 Å². The van der Waals surface area contributed by atoms with Crippen LogP contribution in [0.5, 0.6) is 0 Å². The number of oxime groups is 1. The van der Waals surface area contributed by atoms with E-state index in [1.165, 1.54) is 0 Å². The summed E-state index contributed by atoms with van der Waals surface area (Å²) in [5, 5.41) is 20.3. The van der Waals surface area contributed by atoms with Crippen LogP contribution in [0.3, 0.4) is 0 Å². The molecule has 0 bridgehead atoms. The highest BCUT2D eigenvalue weighted by Crippen LogP contribution is 1.85. The summed E-state index contributed by atoms with van der Waals surface area (Å²) in [4.78, 5) is 4.59. The van der Waals surface area contributed by atoms with Crippen LogP contribution in [0.1, 0.15) is 13.8 Å². The van der Waals surface area contributed by atoms with Crippen molar-refractivity contribution >= 4 is 5.90 Å².